The maximum atomic E-state index is 11.1. The Morgan fingerprint density at radius 3 is 1.18 bits per heavy atom. The lowest BCUT2D eigenvalue weighted by Crippen LogP contribution is -2.04. The highest BCUT2D eigenvalue weighted by molar-refractivity contribution is 6.04. The number of nitriles is 2. The summed E-state index contributed by atoms with van der Waals surface area (Å²) in [6.45, 7) is 16.7. The van der Waals surface area contributed by atoms with Gasteiger partial charge in [0.05, 0.1) is 62.9 Å². The molecule has 8 nitrogen and oxygen atoms in total. The number of ether oxygens (including phenoxy) is 6. The normalized spacial score (nSPS) is 11.6. The third-order valence-electron chi connectivity index (χ3n) is 13.0. The summed E-state index contributed by atoms with van der Waals surface area (Å²) in [5.41, 5.74) is 3.79. The third kappa shape index (κ3) is 20.9. The summed E-state index contributed by atoms with van der Waals surface area (Å²) in [7, 11) is 0. The lowest BCUT2D eigenvalue weighted by molar-refractivity contribution is 0.296. The van der Waals surface area contributed by atoms with Crippen LogP contribution in [0.4, 0.5) is 0 Å². The quantitative estimate of drug-likeness (QED) is 0.0247. The van der Waals surface area contributed by atoms with Gasteiger partial charge in [0.2, 0.25) is 0 Å². The Morgan fingerprint density at radius 1 is 0.375 bits per heavy atom. The van der Waals surface area contributed by atoms with Crippen molar-refractivity contribution in [3.05, 3.63) is 82.9 Å². The molecule has 0 N–H and O–H groups in total. The molecule has 0 aliphatic rings. The predicted octanol–water partition coefficient (Wildman–Crippen LogP) is 18.7. The van der Waals surface area contributed by atoms with Crippen LogP contribution in [-0.4, -0.2) is 39.6 Å². The molecule has 4 aromatic rings. The summed E-state index contributed by atoms with van der Waals surface area (Å²) < 4.78 is 39.0. The Bertz CT molecular complexity index is 2300. The maximum absolute atomic E-state index is 11.1. The van der Waals surface area contributed by atoms with Gasteiger partial charge in [-0.3, -0.25) is 0 Å². The van der Waals surface area contributed by atoms with Crippen LogP contribution in [0.1, 0.15) is 218 Å². The minimum atomic E-state index is 0.437. The standard InChI is InChI=1S/C64H90N2O6/c1-7-13-19-25-37-67-56-31-35-61(69-39-27-21-15-9-3)52(45-56)43-54(49-65)51-47-60-59(63(48-51)71-41-29-23-17-11-5)34-33-58(64(60)72-42-30-24-18-12-6)55(50-66)44-53-46-57(68-38-26-20-14-8-2)32-36-62(53)70-40-28-22-16-10-4/h31-36,43-48H,7-30,37-42H2,1-6H3/b54-43+,55-44+. The average molecular weight is 983 g/mol. The Kier molecular flexibility index (Phi) is 29.8. The molecule has 72 heavy (non-hydrogen) atoms. The molecule has 0 saturated carbocycles. The molecule has 0 atom stereocenters. The fraction of sp³-hybridized carbons (Fsp3) is 0.562. The molecule has 0 fully saturated rings. The average Bonchev–Trinajstić information content (AvgIpc) is 3.39. The molecule has 0 aliphatic heterocycles. The van der Waals surface area contributed by atoms with Gasteiger partial charge in [-0.2, -0.15) is 10.5 Å². The number of hydrogen-bond donors (Lipinski definition) is 0. The van der Waals surface area contributed by atoms with E-state index >= 15 is 0 Å². The van der Waals surface area contributed by atoms with Crippen LogP contribution in [0.25, 0.3) is 34.1 Å². The molecule has 0 unspecified atom stereocenters. The highest BCUT2D eigenvalue weighted by Gasteiger charge is 2.20. The lowest BCUT2D eigenvalue weighted by atomic mass is 9.94. The van der Waals surface area contributed by atoms with Gasteiger partial charge in [0, 0.05) is 27.5 Å². The largest absolute Gasteiger partial charge is 0.494 e. The van der Waals surface area contributed by atoms with Crippen LogP contribution in [-0.2, 0) is 0 Å². The first-order chi connectivity index (χ1) is 35.4. The van der Waals surface area contributed by atoms with E-state index < -0.39 is 0 Å². The summed E-state index contributed by atoms with van der Waals surface area (Å²) in [6.07, 6.45) is 29.8. The summed E-state index contributed by atoms with van der Waals surface area (Å²) >= 11 is 0. The van der Waals surface area contributed by atoms with E-state index in [1.807, 2.05) is 72.8 Å². The van der Waals surface area contributed by atoms with Crippen LogP contribution in [0.15, 0.2) is 60.7 Å². The van der Waals surface area contributed by atoms with Crippen molar-refractivity contribution in [2.75, 3.05) is 39.6 Å². The van der Waals surface area contributed by atoms with E-state index in [1.54, 1.807) is 0 Å². The Hall–Kier alpha value is -5.60. The number of rotatable bonds is 40. The lowest BCUT2D eigenvalue weighted by Gasteiger charge is -2.19. The molecule has 0 spiro atoms. The summed E-state index contributed by atoms with van der Waals surface area (Å²) in [6, 6.07) is 25.0. The van der Waals surface area contributed by atoms with Crippen molar-refractivity contribution in [3.63, 3.8) is 0 Å². The van der Waals surface area contributed by atoms with Crippen molar-refractivity contribution in [1.29, 1.82) is 10.5 Å². The van der Waals surface area contributed by atoms with E-state index in [0.29, 0.717) is 84.9 Å². The van der Waals surface area contributed by atoms with E-state index in [1.165, 1.54) is 32.1 Å². The number of fused-ring (bicyclic) bond motifs is 1. The van der Waals surface area contributed by atoms with Gasteiger partial charge in [0.1, 0.15) is 34.5 Å². The third-order valence-corrected chi connectivity index (χ3v) is 13.0. The van der Waals surface area contributed by atoms with Gasteiger partial charge < -0.3 is 28.4 Å². The molecule has 0 amide bonds. The number of hydrogen-bond acceptors (Lipinski definition) is 8. The first-order valence-corrected chi connectivity index (χ1v) is 28.3. The minimum Gasteiger partial charge on any atom is -0.494 e. The molecule has 0 aromatic heterocycles. The number of benzene rings is 4. The van der Waals surface area contributed by atoms with Gasteiger partial charge in [-0.15, -0.1) is 0 Å². The number of unbranched alkanes of at least 4 members (excludes halogenated alkanes) is 18. The van der Waals surface area contributed by atoms with Crippen molar-refractivity contribution in [1.82, 2.24) is 0 Å². The van der Waals surface area contributed by atoms with Gasteiger partial charge in [0.25, 0.3) is 0 Å². The van der Waals surface area contributed by atoms with E-state index in [0.717, 1.165) is 155 Å². The fourth-order valence-electron chi connectivity index (χ4n) is 8.67. The van der Waals surface area contributed by atoms with Gasteiger partial charge in [-0.05, 0) is 117 Å². The molecule has 0 bridgehead atoms. The maximum Gasteiger partial charge on any atom is 0.135 e. The zero-order chi connectivity index (χ0) is 51.4. The number of allylic oxidation sites excluding steroid dienone is 2. The summed E-state index contributed by atoms with van der Waals surface area (Å²) in [5.74, 6) is 4.17. The van der Waals surface area contributed by atoms with Gasteiger partial charge in [0.15, 0.2) is 0 Å². The first-order valence-electron chi connectivity index (χ1n) is 28.3. The SMILES string of the molecule is CCCCCCOc1ccc(OCCCCCC)c(/C=C(\C#N)c2cc(OCCCCCC)c3ccc(/C(C#N)=C/c4cc(OCCCCCC)ccc4OCCCCCC)c(OCCCCCC)c3c2)c1. The first kappa shape index (κ1) is 59.0. The fourth-order valence-corrected chi connectivity index (χ4v) is 8.67. The Balaban J connectivity index is 1.93. The van der Waals surface area contributed by atoms with Crippen molar-refractivity contribution in [3.8, 4) is 46.6 Å². The molecule has 0 aliphatic carbocycles. The molecule has 4 rings (SSSR count). The smallest absolute Gasteiger partial charge is 0.135 e. The van der Waals surface area contributed by atoms with Crippen molar-refractivity contribution in [2.24, 2.45) is 0 Å². The van der Waals surface area contributed by atoms with E-state index in [2.05, 4.69) is 53.7 Å². The second-order valence-corrected chi connectivity index (χ2v) is 19.2. The Morgan fingerprint density at radius 2 is 0.764 bits per heavy atom. The van der Waals surface area contributed by atoms with E-state index in [9.17, 15) is 10.5 Å². The molecule has 0 heterocycles. The molecular weight excluding hydrogens is 893 g/mol. The van der Waals surface area contributed by atoms with Crippen molar-refractivity contribution >= 4 is 34.1 Å². The van der Waals surface area contributed by atoms with Crippen LogP contribution >= 0.6 is 0 Å². The van der Waals surface area contributed by atoms with Gasteiger partial charge in [-0.1, -0.05) is 157 Å². The van der Waals surface area contributed by atoms with Crippen molar-refractivity contribution in [2.45, 2.75) is 196 Å². The van der Waals surface area contributed by atoms with Gasteiger partial charge in [-0.25, -0.2) is 0 Å². The van der Waals surface area contributed by atoms with Crippen LogP contribution in [0.3, 0.4) is 0 Å². The Labute approximate surface area is 436 Å². The second kappa shape index (κ2) is 36.3. The minimum absolute atomic E-state index is 0.437. The topological polar surface area (TPSA) is 103 Å². The molecule has 0 saturated heterocycles. The molecular formula is C64H90N2O6. The summed E-state index contributed by atoms with van der Waals surface area (Å²) in [4.78, 5) is 0. The zero-order valence-corrected chi connectivity index (χ0v) is 45.5. The number of nitrogens with zero attached hydrogens (tertiary/aromatic N) is 2. The second-order valence-electron chi connectivity index (χ2n) is 19.2. The van der Waals surface area contributed by atoms with Crippen molar-refractivity contribution < 1.29 is 28.4 Å². The van der Waals surface area contributed by atoms with Crippen LogP contribution in [0.2, 0.25) is 0 Å². The predicted molar refractivity (Wildman–Crippen MR) is 302 cm³/mol. The van der Waals surface area contributed by atoms with Crippen LogP contribution in [0, 0.1) is 22.7 Å². The van der Waals surface area contributed by atoms with Crippen LogP contribution < -0.4 is 28.4 Å². The van der Waals surface area contributed by atoms with Crippen LogP contribution in [0.5, 0.6) is 34.5 Å². The molecule has 8 heteroatoms. The van der Waals surface area contributed by atoms with E-state index in [4.69, 9.17) is 28.4 Å². The molecule has 4 aromatic carbocycles. The summed E-state index contributed by atoms with van der Waals surface area (Å²) in [5, 5.41) is 23.8. The highest BCUT2D eigenvalue weighted by Crippen LogP contribution is 2.42. The highest BCUT2D eigenvalue weighted by atomic mass is 16.5. The van der Waals surface area contributed by atoms with E-state index in [-0.39, 0.29) is 0 Å². The van der Waals surface area contributed by atoms with Gasteiger partial charge >= 0.3 is 0 Å². The molecule has 0 radical (unpaired) electrons. The molecule has 392 valence electrons. The zero-order valence-electron chi connectivity index (χ0n) is 45.5. The monoisotopic (exact) mass is 983 g/mol.